The molecule has 0 saturated carbocycles. The molecule has 0 unspecified atom stereocenters. The first-order chi connectivity index (χ1) is 12.6. The number of unbranched alkanes of at least 4 members (excludes halogenated alkanes) is 1. The molecule has 26 heavy (non-hydrogen) atoms. The molecule has 1 aromatic carbocycles. The Morgan fingerprint density at radius 3 is 2.81 bits per heavy atom. The zero-order chi connectivity index (χ0) is 18.5. The highest BCUT2D eigenvalue weighted by Crippen LogP contribution is 2.36. The number of nitrogens with one attached hydrogen (secondary N) is 1. The van der Waals surface area contributed by atoms with Gasteiger partial charge in [0.2, 0.25) is 0 Å². The molecule has 0 aliphatic carbocycles. The zero-order valence-electron chi connectivity index (χ0n) is 14.1. The average Bonchev–Trinajstić information content (AvgIpc) is 3.00. The van der Waals surface area contributed by atoms with Gasteiger partial charge >= 0.3 is 5.97 Å². The van der Waals surface area contributed by atoms with Gasteiger partial charge in [-0.3, -0.25) is 4.79 Å². The smallest absolute Gasteiger partial charge is 0.341 e. The van der Waals surface area contributed by atoms with E-state index < -0.39 is 11.9 Å². The molecular weight excluding hydrogens is 372 g/mol. The number of hydrogen-bond acceptors (Lipinski definition) is 5. The molecule has 0 aliphatic heterocycles. The highest BCUT2D eigenvalue weighted by atomic mass is 35.5. The number of esters is 1. The van der Waals surface area contributed by atoms with Gasteiger partial charge in [-0.25, -0.2) is 9.78 Å². The second-order valence-electron chi connectivity index (χ2n) is 5.59. The van der Waals surface area contributed by atoms with E-state index in [2.05, 4.69) is 10.3 Å². The van der Waals surface area contributed by atoms with Gasteiger partial charge in [0.05, 0.1) is 12.2 Å². The molecule has 5 nitrogen and oxygen atoms in total. The molecule has 134 valence electrons. The molecule has 0 radical (unpaired) electrons. The Morgan fingerprint density at radius 1 is 1.23 bits per heavy atom. The van der Waals surface area contributed by atoms with Crippen molar-refractivity contribution in [2.45, 2.75) is 19.8 Å². The van der Waals surface area contributed by atoms with E-state index in [-0.39, 0.29) is 10.7 Å². The third kappa shape index (κ3) is 3.86. The van der Waals surface area contributed by atoms with Crippen molar-refractivity contribution in [2.24, 2.45) is 0 Å². The van der Waals surface area contributed by atoms with Crippen LogP contribution in [-0.2, 0) is 4.74 Å². The molecule has 1 N–H and O–H groups in total. The lowest BCUT2D eigenvalue weighted by Gasteiger charge is -2.08. The van der Waals surface area contributed by atoms with Gasteiger partial charge in [-0.05, 0) is 24.6 Å². The second kappa shape index (κ2) is 8.29. The predicted molar refractivity (Wildman–Crippen MR) is 104 cm³/mol. The lowest BCUT2D eigenvalue weighted by molar-refractivity contribution is 0.0503. The number of aromatic nitrogens is 1. The van der Waals surface area contributed by atoms with Crippen molar-refractivity contribution in [1.82, 2.24) is 4.98 Å². The van der Waals surface area contributed by atoms with Crippen LogP contribution >= 0.6 is 22.9 Å². The Balaban J connectivity index is 1.94. The van der Waals surface area contributed by atoms with E-state index in [1.165, 1.54) is 17.5 Å². The van der Waals surface area contributed by atoms with E-state index in [4.69, 9.17) is 16.3 Å². The summed E-state index contributed by atoms with van der Waals surface area (Å²) in [6.45, 7) is 2.37. The number of amides is 1. The molecule has 2 aromatic heterocycles. The van der Waals surface area contributed by atoms with Crippen molar-refractivity contribution >= 4 is 49.9 Å². The summed E-state index contributed by atoms with van der Waals surface area (Å²) in [5.74, 6) is -0.860. The van der Waals surface area contributed by atoms with Gasteiger partial charge in [0.15, 0.2) is 0 Å². The number of fused-ring (bicyclic) bond motifs is 1. The quantitative estimate of drug-likeness (QED) is 0.360. The minimum Gasteiger partial charge on any atom is -0.462 e. The van der Waals surface area contributed by atoms with Crippen molar-refractivity contribution in [2.75, 3.05) is 11.9 Å². The fourth-order valence-electron chi connectivity index (χ4n) is 2.44. The topological polar surface area (TPSA) is 68.3 Å². The number of benzene rings is 1. The van der Waals surface area contributed by atoms with Crippen molar-refractivity contribution in [3.63, 3.8) is 0 Å². The molecule has 0 atom stereocenters. The molecule has 0 saturated heterocycles. The predicted octanol–water partition coefficient (Wildman–Crippen LogP) is 5.16. The van der Waals surface area contributed by atoms with Crippen LogP contribution in [0.5, 0.6) is 0 Å². The van der Waals surface area contributed by atoms with Gasteiger partial charge in [-0.2, -0.15) is 0 Å². The second-order valence-corrected chi connectivity index (χ2v) is 7.00. The normalized spacial score (nSPS) is 10.7. The SMILES string of the molecule is CCCCOC(=O)c1c(NC(=O)c2cccnc2Cl)sc2ccccc12. The number of nitrogens with zero attached hydrogens (tertiary/aromatic N) is 1. The summed E-state index contributed by atoms with van der Waals surface area (Å²) < 4.78 is 6.26. The van der Waals surface area contributed by atoms with Crippen LogP contribution < -0.4 is 5.32 Å². The summed E-state index contributed by atoms with van der Waals surface area (Å²) in [5, 5.41) is 4.09. The number of pyridine rings is 1. The maximum Gasteiger partial charge on any atom is 0.341 e. The van der Waals surface area contributed by atoms with Crippen LogP contribution in [0.4, 0.5) is 5.00 Å². The molecule has 7 heteroatoms. The van der Waals surface area contributed by atoms with Gasteiger partial charge in [-0.1, -0.05) is 43.1 Å². The molecule has 3 rings (SSSR count). The van der Waals surface area contributed by atoms with E-state index in [0.717, 1.165) is 22.9 Å². The van der Waals surface area contributed by atoms with Gasteiger partial charge in [0.1, 0.15) is 15.7 Å². The average molecular weight is 389 g/mol. The number of ether oxygens (including phenoxy) is 1. The van der Waals surface area contributed by atoms with E-state index in [1.807, 2.05) is 31.2 Å². The maximum atomic E-state index is 12.6. The number of hydrogen-bond donors (Lipinski definition) is 1. The van der Waals surface area contributed by atoms with Crippen molar-refractivity contribution in [3.05, 3.63) is 58.9 Å². The molecule has 1 amide bonds. The van der Waals surface area contributed by atoms with E-state index in [9.17, 15) is 9.59 Å². The molecule has 0 bridgehead atoms. The minimum absolute atomic E-state index is 0.109. The van der Waals surface area contributed by atoms with Crippen LogP contribution in [0.2, 0.25) is 5.15 Å². The van der Waals surface area contributed by atoms with E-state index in [1.54, 1.807) is 12.1 Å². The third-order valence-electron chi connectivity index (χ3n) is 3.76. The summed E-state index contributed by atoms with van der Waals surface area (Å²) in [5.41, 5.74) is 0.618. The Morgan fingerprint density at radius 2 is 2.04 bits per heavy atom. The fraction of sp³-hybridized carbons (Fsp3) is 0.211. The number of anilines is 1. The zero-order valence-corrected chi connectivity index (χ0v) is 15.7. The Labute approximate surface area is 160 Å². The minimum atomic E-state index is -0.441. The van der Waals surface area contributed by atoms with E-state index >= 15 is 0 Å². The highest BCUT2D eigenvalue weighted by molar-refractivity contribution is 7.23. The molecule has 0 aliphatic rings. The first kappa shape index (κ1) is 18.4. The Kier molecular flexibility index (Phi) is 5.85. The number of carbonyl (C=O) groups excluding carboxylic acids is 2. The monoisotopic (exact) mass is 388 g/mol. The van der Waals surface area contributed by atoms with Gasteiger partial charge < -0.3 is 10.1 Å². The van der Waals surface area contributed by atoms with Crippen LogP contribution in [0.1, 0.15) is 40.5 Å². The molecule has 0 fully saturated rings. The van der Waals surface area contributed by atoms with Crippen molar-refractivity contribution in [3.8, 4) is 0 Å². The van der Waals surface area contributed by atoms with Gasteiger partial charge in [0, 0.05) is 16.3 Å². The third-order valence-corrected chi connectivity index (χ3v) is 5.15. The van der Waals surface area contributed by atoms with Crippen LogP contribution in [0.25, 0.3) is 10.1 Å². The summed E-state index contributed by atoms with van der Waals surface area (Å²) >= 11 is 7.31. The first-order valence-electron chi connectivity index (χ1n) is 8.22. The van der Waals surface area contributed by atoms with Crippen LogP contribution in [-0.4, -0.2) is 23.5 Å². The fourth-order valence-corrected chi connectivity index (χ4v) is 3.73. The van der Waals surface area contributed by atoms with Crippen molar-refractivity contribution in [1.29, 1.82) is 0 Å². The largest absolute Gasteiger partial charge is 0.462 e. The molecule has 0 spiro atoms. The summed E-state index contributed by atoms with van der Waals surface area (Å²) in [6.07, 6.45) is 3.23. The lowest BCUT2D eigenvalue weighted by atomic mass is 10.1. The van der Waals surface area contributed by atoms with Crippen LogP contribution in [0.15, 0.2) is 42.6 Å². The molecular formula is C19H17ClN2O3S. The lowest BCUT2D eigenvalue weighted by Crippen LogP contribution is -2.15. The molecule has 2 heterocycles. The Hall–Kier alpha value is -2.44. The Bertz CT molecular complexity index is 955. The van der Waals surface area contributed by atoms with Gasteiger partial charge in [-0.15, -0.1) is 11.3 Å². The summed E-state index contributed by atoms with van der Waals surface area (Å²) in [7, 11) is 0. The number of halogens is 1. The number of rotatable bonds is 6. The van der Waals surface area contributed by atoms with Crippen LogP contribution in [0, 0.1) is 0 Å². The molecule has 3 aromatic rings. The highest BCUT2D eigenvalue weighted by Gasteiger charge is 2.22. The first-order valence-corrected chi connectivity index (χ1v) is 9.41. The maximum absolute atomic E-state index is 12.6. The van der Waals surface area contributed by atoms with Crippen LogP contribution in [0.3, 0.4) is 0 Å². The number of thiophene rings is 1. The van der Waals surface area contributed by atoms with Gasteiger partial charge in [0.25, 0.3) is 5.91 Å². The number of carbonyl (C=O) groups is 2. The van der Waals surface area contributed by atoms with Crippen molar-refractivity contribution < 1.29 is 14.3 Å². The summed E-state index contributed by atoms with van der Waals surface area (Å²) in [6, 6.07) is 10.7. The summed E-state index contributed by atoms with van der Waals surface area (Å²) in [4.78, 5) is 29.1. The standard InChI is InChI=1S/C19H17ClN2O3S/c1-2-3-11-25-19(24)15-12-7-4-5-9-14(12)26-18(15)22-17(23)13-8-6-10-21-16(13)20/h4-10H,2-3,11H2,1H3,(H,22,23). The van der Waals surface area contributed by atoms with E-state index in [0.29, 0.717) is 17.2 Å².